The molecule has 1 N–H and O–H groups in total. The molecule has 0 aliphatic rings. The van der Waals surface area contributed by atoms with Crippen molar-refractivity contribution in [3.63, 3.8) is 0 Å². The van der Waals surface area contributed by atoms with Gasteiger partial charge in [-0.25, -0.2) is 4.79 Å². The third-order valence-electron chi connectivity index (χ3n) is 4.62. The zero-order chi connectivity index (χ0) is 22.3. The molecule has 0 bridgehead atoms. The molecule has 30 heavy (non-hydrogen) atoms. The summed E-state index contributed by atoms with van der Waals surface area (Å²) in [5.41, 5.74) is 3.36. The summed E-state index contributed by atoms with van der Waals surface area (Å²) >= 11 is 0. The Bertz CT molecular complexity index is 926. The lowest BCUT2D eigenvalue weighted by Gasteiger charge is -2.15. The van der Waals surface area contributed by atoms with Gasteiger partial charge >= 0.3 is 5.97 Å². The zero-order valence-corrected chi connectivity index (χ0v) is 18.1. The normalized spacial score (nSPS) is 11.7. The van der Waals surface area contributed by atoms with E-state index in [9.17, 15) is 9.59 Å². The van der Waals surface area contributed by atoms with E-state index in [2.05, 4.69) is 5.32 Å². The number of methoxy groups -OCH3 is 3. The Hall–Kier alpha value is -3.48. The van der Waals surface area contributed by atoms with Crippen LogP contribution in [0.4, 0.5) is 5.69 Å². The topological polar surface area (TPSA) is 83.1 Å². The summed E-state index contributed by atoms with van der Waals surface area (Å²) < 4.78 is 21.1. The lowest BCUT2D eigenvalue weighted by Crippen LogP contribution is -2.29. The van der Waals surface area contributed by atoms with Gasteiger partial charge in [0, 0.05) is 11.8 Å². The summed E-state index contributed by atoms with van der Waals surface area (Å²) in [4.78, 5) is 24.5. The Labute approximate surface area is 176 Å². The molecule has 1 atom stereocenters. The number of carbonyl (C=O) groups excluding carboxylic acids is 2. The first-order valence-electron chi connectivity index (χ1n) is 9.36. The van der Waals surface area contributed by atoms with E-state index in [1.807, 2.05) is 26.0 Å². The average Bonchev–Trinajstić information content (AvgIpc) is 2.74. The van der Waals surface area contributed by atoms with E-state index < -0.39 is 18.0 Å². The van der Waals surface area contributed by atoms with Crippen LogP contribution in [-0.4, -0.2) is 39.3 Å². The number of hydrogen-bond acceptors (Lipinski definition) is 6. The highest BCUT2D eigenvalue weighted by atomic mass is 16.5. The van der Waals surface area contributed by atoms with Crippen LogP contribution in [-0.2, 0) is 14.3 Å². The molecule has 1 amide bonds. The Morgan fingerprint density at radius 2 is 1.63 bits per heavy atom. The molecule has 2 aromatic carbocycles. The van der Waals surface area contributed by atoms with Gasteiger partial charge in [0.05, 0.1) is 21.3 Å². The summed E-state index contributed by atoms with van der Waals surface area (Å²) in [6, 6.07) is 9.01. The highest BCUT2D eigenvalue weighted by Crippen LogP contribution is 2.38. The average molecular weight is 413 g/mol. The van der Waals surface area contributed by atoms with Crippen LogP contribution in [0.25, 0.3) is 6.08 Å². The van der Waals surface area contributed by atoms with E-state index in [4.69, 9.17) is 18.9 Å². The van der Waals surface area contributed by atoms with Crippen molar-refractivity contribution in [3.8, 4) is 17.2 Å². The van der Waals surface area contributed by atoms with Crippen molar-refractivity contribution in [2.24, 2.45) is 0 Å². The molecular formula is C23H27NO6. The van der Waals surface area contributed by atoms with Crippen LogP contribution in [0.2, 0.25) is 0 Å². The van der Waals surface area contributed by atoms with E-state index >= 15 is 0 Å². The van der Waals surface area contributed by atoms with Crippen LogP contribution in [0.3, 0.4) is 0 Å². The highest BCUT2D eigenvalue weighted by Gasteiger charge is 2.18. The minimum atomic E-state index is -0.956. The maximum atomic E-state index is 12.4. The summed E-state index contributed by atoms with van der Waals surface area (Å²) in [5.74, 6) is 0.333. The molecule has 0 fully saturated rings. The fourth-order valence-corrected chi connectivity index (χ4v) is 2.75. The van der Waals surface area contributed by atoms with Crippen molar-refractivity contribution in [1.82, 2.24) is 0 Å². The molecule has 0 saturated heterocycles. The number of rotatable bonds is 8. The van der Waals surface area contributed by atoms with Gasteiger partial charge in [0.1, 0.15) is 0 Å². The smallest absolute Gasteiger partial charge is 0.331 e. The largest absolute Gasteiger partial charge is 0.493 e. The van der Waals surface area contributed by atoms with E-state index in [1.54, 1.807) is 24.3 Å². The molecule has 0 radical (unpaired) electrons. The van der Waals surface area contributed by atoms with E-state index in [-0.39, 0.29) is 0 Å². The van der Waals surface area contributed by atoms with Crippen LogP contribution in [0, 0.1) is 13.8 Å². The Balaban J connectivity index is 2.05. The predicted molar refractivity (Wildman–Crippen MR) is 115 cm³/mol. The monoisotopic (exact) mass is 413 g/mol. The number of benzene rings is 2. The van der Waals surface area contributed by atoms with Crippen LogP contribution in [0.1, 0.15) is 23.6 Å². The Kier molecular flexibility index (Phi) is 7.86. The Morgan fingerprint density at radius 1 is 1.00 bits per heavy atom. The lowest BCUT2D eigenvalue weighted by molar-refractivity contribution is -0.148. The highest BCUT2D eigenvalue weighted by molar-refractivity contribution is 5.97. The molecule has 1 unspecified atom stereocenters. The SMILES string of the molecule is COc1cc(C=CC(=O)OC(C)C(=O)Nc2cccc(C)c2C)cc(OC)c1OC. The van der Waals surface area contributed by atoms with Crippen molar-refractivity contribution in [3.05, 3.63) is 53.1 Å². The number of esters is 1. The molecule has 0 saturated carbocycles. The number of hydrogen-bond donors (Lipinski definition) is 1. The second kappa shape index (κ2) is 10.3. The summed E-state index contributed by atoms with van der Waals surface area (Å²) in [6.45, 7) is 5.40. The molecule has 7 nitrogen and oxygen atoms in total. The van der Waals surface area contributed by atoms with Crippen LogP contribution in [0.15, 0.2) is 36.4 Å². The van der Waals surface area contributed by atoms with Gasteiger partial charge in [0.25, 0.3) is 5.91 Å². The van der Waals surface area contributed by atoms with Gasteiger partial charge in [-0.05, 0) is 61.7 Å². The number of amides is 1. The van der Waals surface area contributed by atoms with Crippen LogP contribution >= 0.6 is 0 Å². The quantitative estimate of drug-likeness (QED) is 0.522. The molecule has 160 valence electrons. The second-order valence-electron chi connectivity index (χ2n) is 6.61. The third kappa shape index (κ3) is 5.53. The van der Waals surface area contributed by atoms with Crippen molar-refractivity contribution < 1.29 is 28.5 Å². The van der Waals surface area contributed by atoms with Gasteiger partial charge in [-0.3, -0.25) is 4.79 Å². The first-order valence-corrected chi connectivity index (χ1v) is 9.36. The van der Waals surface area contributed by atoms with Gasteiger partial charge in [0.15, 0.2) is 17.6 Å². The van der Waals surface area contributed by atoms with Gasteiger partial charge < -0.3 is 24.3 Å². The molecule has 2 aromatic rings. The summed E-state index contributed by atoms with van der Waals surface area (Å²) in [7, 11) is 4.53. The second-order valence-corrected chi connectivity index (χ2v) is 6.61. The molecule has 0 aliphatic carbocycles. The lowest BCUT2D eigenvalue weighted by atomic mass is 10.1. The molecule has 7 heteroatoms. The number of aryl methyl sites for hydroxylation is 1. The predicted octanol–water partition coefficient (Wildman–Crippen LogP) is 3.91. The van der Waals surface area contributed by atoms with Crippen LogP contribution < -0.4 is 19.5 Å². The van der Waals surface area contributed by atoms with Crippen molar-refractivity contribution >= 4 is 23.6 Å². The summed E-state index contributed by atoms with van der Waals surface area (Å²) in [6.07, 6.45) is 1.83. The minimum Gasteiger partial charge on any atom is -0.493 e. The molecular weight excluding hydrogens is 386 g/mol. The fourth-order valence-electron chi connectivity index (χ4n) is 2.75. The zero-order valence-electron chi connectivity index (χ0n) is 18.1. The molecule has 0 heterocycles. The van der Waals surface area contributed by atoms with Gasteiger partial charge in [-0.15, -0.1) is 0 Å². The number of anilines is 1. The van der Waals surface area contributed by atoms with Crippen molar-refractivity contribution in [2.45, 2.75) is 26.9 Å². The summed E-state index contributed by atoms with van der Waals surface area (Å²) in [5, 5.41) is 2.79. The van der Waals surface area contributed by atoms with Crippen LogP contribution in [0.5, 0.6) is 17.2 Å². The number of carbonyl (C=O) groups is 2. The van der Waals surface area contributed by atoms with E-state index in [0.29, 0.717) is 28.5 Å². The van der Waals surface area contributed by atoms with Crippen molar-refractivity contribution in [1.29, 1.82) is 0 Å². The third-order valence-corrected chi connectivity index (χ3v) is 4.62. The maximum absolute atomic E-state index is 12.4. The standard InChI is InChI=1S/C23H27NO6/c1-14-8-7-9-18(15(14)2)24-23(26)16(3)30-21(25)11-10-17-12-19(27-4)22(29-6)20(13-17)28-5/h7-13,16H,1-6H3,(H,24,26). The van der Waals surface area contributed by atoms with Crippen molar-refractivity contribution in [2.75, 3.05) is 26.6 Å². The first-order chi connectivity index (χ1) is 14.3. The first kappa shape index (κ1) is 22.8. The molecule has 0 aromatic heterocycles. The number of ether oxygens (including phenoxy) is 4. The fraction of sp³-hybridized carbons (Fsp3) is 0.304. The van der Waals surface area contributed by atoms with Gasteiger partial charge in [-0.1, -0.05) is 12.1 Å². The minimum absolute atomic E-state index is 0.404. The number of nitrogens with one attached hydrogen (secondary N) is 1. The van der Waals surface area contributed by atoms with E-state index in [0.717, 1.165) is 11.1 Å². The Morgan fingerprint density at radius 3 is 2.20 bits per heavy atom. The molecule has 0 spiro atoms. The molecule has 0 aliphatic heterocycles. The molecule has 2 rings (SSSR count). The maximum Gasteiger partial charge on any atom is 0.331 e. The van der Waals surface area contributed by atoms with Gasteiger partial charge in [0.2, 0.25) is 5.75 Å². The van der Waals surface area contributed by atoms with E-state index in [1.165, 1.54) is 34.3 Å². The van der Waals surface area contributed by atoms with Gasteiger partial charge in [-0.2, -0.15) is 0 Å².